The van der Waals surface area contributed by atoms with E-state index in [2.05, 4.69) is 14.8 Å². The number of hydrazone groups is 1. The predicted molar refractivity (Wildman–Crippen MR) is 113 cm³/mol. The van der Waals surface area contributed by atoms with Gasteiger partial charge in [-0.2, -0.15) is 5.10 Å². The van der Waals surface area contributed by atoms with Gasteiger partial charge in [0.05, 0.1) is 7.11 Å². The van der Waals surface area contributed by atoms with Gasteiger partial charge in [-0.1, -0.05) is 17.8 Å². The van der Waals surface area contributed by atoms with Crippen molar-refractivity contribution < 1.29 is 31.8 Å². The Morgan fingerprint density at radius 1 is 1.09 bits per heavy atom. The molecule has 0 N–H and O–H groups in total. The quantitative estimate of drug-likeness (QED) is 0.462. The molecule has 3 aromatic rings. The van der Waals surface area contributed by atoms with Crippen molar-refractivity contribution in [1.29, 1.82) is 0 Å². The monoisotopic (exact) mass is 477 g/mol. The molecule has 1 atom stereocenters. The highest BCUT2D eigenvalue weighted by molar-refractivity contribution is 8.14. The number of pyridine rings is 1. The second-order valence-electron chi connectivity index (χ2n) is 6.71. The highest BCUT2D eigenvalue weighted by Crippen LogP contribution is 2.44. The Morgan fingerprint density at radius 3 is 2.55 bits per heavy atom. The Labute approximate surface area is 189 Å². The first-order chi connectivity index (χ1) is 15.7. The Balaban J connectivity index is 1.73. The molecule has 1 amide bonds. The first kappa shape index (κ1) is 22.6. The van der Waals surface area contributed by atoms with Crippen LogP contribution in [0.1, 0.15) is 26.9 Å². The highest BCUT2D eigenvalue weighted by Gasteiger charge is 2.37. The summed E-state index contributed by atoms with van der Waals surface area (Å²) < 4.78 is 60.5. The molecule has 0 aliphatic carbocycles. The number of ether oxygens (including phenoxy) is 2. The number of nitrogens with zero attached hydrogens (tertiary/aromatic N) is 3. The fraction of sp³-hybridized carbons (Fsp3) is 0.136. The number of carbonyl (C=O) groups excluding carboxylic acids is 1. The second kappa shape index (κ2) is 9.10. The molecule has 0 spiro atoms. The molecule has 11 heteroatoms. The van der Waals surface area contributed by atoms with E-state index in [-0.39, 0.29) is 11.4 Å². The first-order valence-corrected chi connectivity index (χ1v) is 10.3. The summed E-state index contributed by atoms with van der Waals surface area (Å²) in [6.45, 7) is 0. The van der Waals surface area contributed by atoms with Crippen molar-refractivity contribution in [1.82, 2.24) is 9.99 Å². The fourth-order valence-electron chi connectivity index (χ4n) is 3.12. The van der Waals surface area contributed by atoms with E-state index in [9.17, 15) is 22.4 Å². The van der Waals surface area contributed by atoms with E-state index in [0.717, 1.165) is 17.1 Å². The number of carbonyl (C=O) groups is 1. The minimum absolute atomic E-state index is 0.0608. The van der Waals surface area contributed by atoms with Gasteiger partial charge >= 0.3 is 6.36 Å². The van der Waals surface area contributed by atoms with Crippen molar-refractivity contribution in [2.75, 3.05) is 7.11 Å². The smallest absolute Gasteiger partial charge is 0.481 e. The third-order valence-corrected chi connectivity index (χ3v) is 5.74. The second-order valence-corrected chi connectivity index (χ2v) is 7.78. The van der Waals surface area contributed by atoms with Gasteiger partial charge in [0.1, 0.15) is 22.0 Å². The van der Waals surface area contributed by atoms with Gasteiger partial charge in [-0.25, -0.2) is 14.4 Å². The minimum atomic E-state index is -4.90. The van der Waals surface area contributed by atoms with Crippen molar-refractivity contribution in [3.05, 3.63) is 89.4 Å². The van der Waals surface area contributed by atoms with Crippen molar-refractivity contribution in [2.45, 2.75) is 11.7 Å². The summed E-state index contributed by atoms with van der Waals surface area (Å²) in [5, 5.41) is 5.22. The van der Waals surface area contributed by atoms with Gasteiger partial charge < -0.3 is 9.47 Å². The van der Waals surface area contributed by atoms with Gasteiger partial charge in [0, 0.05) is 22.9 Å². The molecule has 0 bridgehead atoms. The number of methoxy groups -OCH3 is 1. The normalized spacial score (nSPS) is 15.8. The Hall–Kier alpha value is -3.60. The number of aromatic nitrogens is 1. The number of benzene rings is 2. The van der Waals surface area contributed by atoms with Crippen LogP contribution < -0.4 is 9.47 Å². The van der Waals surface area contributed by atoms with Crippen LogP contribution in [0.5, 0.6) is 11.6 Å². The van der Waals surface area contributed by atoms with E-state index in [4.69, 9.17) is 4.74 Å². The molecule has 1 aliphatic rings. The molecule has 1 aliphatic heterocycles. The number of hydrogen-bond acceptors (Lipinski definition) is 6. The lowest BCUT2D eigenvalue weighted by atomic mass is 10.2. The summed E-state index contributed by atoms with van der Waals surface area (Å²) in [5.41, 5.74) is 1.04. The summed E-state index contributed by atoms with van der Waals surface area (Å²) in [4.78, 5) is 17.5. The van der Waals surface area contributed by atoms with Crippen LogP contribution in [0, 0.1) is 5.82 Å². The fourth-order valence-corrected chi connectivity index (χ4v) is 4.28. The van der Waals surface area contributed by atoms with Gasteiger partial charge in [-0.05, 0) is 54.6 Å². The first-order valence-electron chi connectivity index (χ1n) is 9.44. The molecule has 0 radical (unpaired) electrons. The van der Waals surface area contributed by atoms with Gasteiger partial charge in [0.25, 0.3) is 5.91 Å². The van der Waals surface area contributed by atoms with Crippen molar-refractivity contribution in [3.63, 3.8) is 0 Å². The Bertz CT molecular complexity index is 1200. The number of rotatable bonds is 5. The topological polar surface area (TPSA) is 64.0 Å². The van der Waals surface area contributed by atoms with Crippen LogP contribution in [0.2, 0.25) is 0 Å². The van der Waals surface area contributed by atoms with Gasteiger partial charge in [-0.3, -0.25) is 4.79 Å². The van der Waals surface area contributed by atoms with Gasteiger partial charge in [-0.15, -0.1) is 13.2 Å². The standard InChI is InChI=1S/C22H15F4N3O3S/c1-31-18-17(6-3-11-27-18)21-29(28-19(33-21)13-7-9-15(23)10-8-13)20(30)14-4-2-5-16(12-14)32-22(24,25)26/h2-12,21H,1H3. The molecular weight excluding hydrogens is 462 g/mol. The van der Waals surface area contributed by atoms with Crippen molar-refractivity contribution >= 4 is 22.7 Å². The van der Waals surface area contributed by atoms with Gasteiger partial charge in [0.2, 0.25) is 5.88 Å². The molecular formula is C22H15F4N3O3S. The van der Waals surface area contributed by atoms with E-state index in [1.54, 1.807) is 12.1 Å². The molecule has 0 saturated heterocycles. The molecule has 1 unspecified atom stereocenters. The number of halogens is 4. The summed E-state index contributed by atoms with van der Waals surface area (Å²) in [6.07, 6.45) is -3.38. The molecule has 170 valence electrons. The Morgan fingerprint density at radius 2 is 1.85 bits per heavy atom. The zero-order valence-corrected chi connectivity index (χ0v) is 17.7. The van der Waals surface area contributed by atoms with Crippen molar-refractivity contribution in [2.24, 2.45) is 5.10 Å². The van der Waals surface area contributed by atoms with Crippen LogP contribution in [-0.2, 0) is 0 Å². The predicted octanol–water partition coefficient (Wildman–Crippen LogP) is 5.38. The lowest BCUT2D eigenvalue weighted by Crippen LogP contribution is -2.26. The van der Waals surface area contributed by atoms with Crippen LogP contribution in [0.25, 0.3) is 0 Å². The summed E-state index contributed by atoms with van der Waals surface area (Å²) in [7, 11) is 1.43. The van der Waals surface area contributed by atoms with E-state index in [1.165, 1.54) is 61.5 Å². The zero-order valence-electron chi connectivity index (χ0n) is 16.9. The third kappa shape index (κ3) is 5.08. The van der Waals surface area contributed by atoms with E-state index >= 15 is 0 Å². The van der Waals surface area contributed by atoms with Crippen LogP contribution in [0.4, 0.5) is 17.6 Å². The molecule has 0 saturated carbocycles. The average molecular weight is 477 g/mol. The molecule has 33 heavy (non-hydrogen) atoms. The van der Waals surface area contributed by atoms with Crippen molar-refractivity contribution in [3.8, 4) is 11.6 Å². The lowest BCUT2D eigenvalue weighted by molar-refractivity contribution is -0.274. The van der Waals surface area contributed by atoms with Crippen LogP contribution in [0.3, 0.4) is 0 Å². The SMILES string of the molecule is COc1ncccc1C1SC(c2ccc(F)cc2)=NN1C(=O)c1cccc(OC(F)(F)F)c1. The average Bonchev–Trinajstić information content (AvgIpc) is 3.23. The lowest BCUT2D eigenvalue weighted by Gasteiger charge is -2.22. The molecule has 2 aromatic carbocycles. The maximum Gasteiger partial charge on any atom is 0.573 e. The van der Waals surface area contributed by atoms with Crippen LogP contribution >= 0.6 is 11.8 Å². The van der Waals surface area contributed by atoms with E-state index < -0.39 is 29.2 Å². The highest BCUT2D eigenvalue weighted by atomic mass is 32.2. The van der Waals surface area contributed by atoms with Crippen LogP contribution in [-0.4, -0.2) is 34.4 Å². The molecule has 6 nitrogen and oxygen atoms in total. The number of alkyl halides is 3. The molecule has 0 fully saturated rings. The molecule has 2 heterocycles. The summed E-state index contributed by atoms with van der Waals surface area (Å²) in [6, 6.07) is 13.7. The van der Waals surface area contributed by atoms with E-state index in [0.29, 0.717) is 16.2 Å². The Kier molecular flexibility index (Phi) is 6.23. The number of amides is 1. The number of thioether (sulfide) groups is 1. The minimum Gasteiger partial charge on any atom is -0.481 e. The molecule has 1 aromatic heterocycles. The summed E-state index contributed by atoms with van der Waals surface area (Å²) >= 11 is 1.20. The maximum atomic E-state index is 13.4. The summed E-state index contributed by atoms with van der Waals surface area (Å²) in [5.74, 6) is -1.36. The van der Waals surface area contributed by atoms with E-state index in [1.807, 2.05) is 0 Å². The van der Waals surface area contributed by atoms with Gasteiger partial charge in [0.15, 0.2) is 0 Å². The zero-order chi connectivity index (χ0) is 23.6. The number of hydrogen-bond donors (Lipinski definition) is 0. The maximum absolute atomic E-state index is 13.4. The largest absolute Gasteiger partial charge is 0.573 e. The van der Waals surface area contributed by atoms with Crippen LogP contribution in [0.15, 0.2) is 72.0 Å². The molecule has 4 rings (SSSR count). The third-order valence-electron chi connectivity index (χ3n) is 4.52.